The SMILES string of the molecule is Cc1cc(NC2CC3CCC2O3)ccn1. The van der Waals surface area contributed by atoms with Gasteiger partial charge in [-0.2, -0.15) is 0 Å². The van der Waals surface area contributed by atoms with Crippen LogP contribution in [0, 0.1) is 6.92 Å². The summed E-state index contributed by atoms with van der Waals surface area (Å²) in [6.07, 6.45) is 6.42. The van der Waals surface area contributed by atoms with E-state index in [2.05, 4.69) is 16.4 Å². The summed E-state index contributed by atoms with van der Waals surface area (Å²) in [7, 11) is 0. The molecule has 1 aromatic rings. The number of fused-ring (bicyclic) bond motifs is 2. The molecule has 1 aromatic heterocycles. The van der Waals surface area contributed by atoms with Crippen LogP contribution in [0.1, 0.15) is 25.0 Å². The summed E-state index contributed by atoms with van der Waals surface area (Å²) in [4.78, 5) is 4.19. The quantitative estimate of drug-likeness (QED) is 0.801. The molecule has 2 fully saturated rings. The minimum atomic E-state index is 0.434. The first kappa shape index (κ1) is 9.16. The number of pyridine rings is 1. The topological polar surface area (TPSA) is 34.1 Å². The summed E-state index contributed by atoms with van der Waals surface area (Å²) in [5, 5.41) is 3.55. The Labute approximate surface area is 89.9 Å². The number of hydrogen-bond donors (Lipinski definition) is 1. The Kier molecular flexibility index (Phi) is 2.13. The molecule has 3 atom stereocenters. The molecule has 0 radical (unpaired) electrons. The molecule has 80 valence electrons. The maximum atomic E-state index is 5.81. The highest BCUT2D eigenvalue weighted by Crippen LogP contribution is 2.35. The Bertz CT molecular complexity index is 366. The van der Waals surface area contributed by atoms with Crippen LogP contribution >= 0.6 is 0 Å². The van der Waals surface area contributed by atoms with Crippen molar-refractivity contribution in [3.05, 3.63) is 24.0 Å². The van der Waals surface area contributed by atoms with Gasteiger partial charge in [-0.25, -0.2) is 0 Å². The molecule has 0 spiro atoms. The molecule has 0 amide bonds. The fourth-order valence-electron chi connectivity index (χ4n) is 2.64. The van der Waals surface area contributed by atoms with E-state index in [1.165, 1.54) is 18.5 Å². The summed E-state index contributed by atoms with van der Waals surface area (Å²) in [5.41, 5.74) is 2.23. The van der Waals surface area contributed by atoms with Gasteiger partial charge in [0, 0.05) is 17.6 Å². The predicted octanol–water partition coefficient (Wildman–Crippen LogP) is 2.12. The van der Waals surface area contributed by atoms with Crippen molar-refractivity contribution < 1.29 is 4.74 Å². The number of aromatic nitrogens is 1. The summed E-state index contributed by atoms with van der Waals surface area (Å²) in [6.45, 7) is 2.02. The Balaban J connectivity index is 1.71. The van der Waals surface area contributed by atoms with Crippen molar-refractivity contribution in [2.45, 2.75) is 44.4 Å². The van der Waals surface area contributed by atoms with E-state index in [-0.39, 0.29) is 0 Å². The molecule has 2 bridgehead atoms. The first-order valence-electron chi connectivity index (χ1n) is 5.66. The van der Waals surface area contributed by atoms with E-state index in [4.69, 9.17) is 4.74 Å². The van der Waals surface area contributed by atoms with Gasteiger partial charge in [-0.05, 0) is 38.3 Å². The maximum absolute atomic E-state index is 5.81. The molecular weight excluding hydrogens is 188 g/mol. The third kappa shape index (κ3) is 1.72. The Morgan fingerprint density at radius 2 is 2.40 bits per heavy atom. The van der Waals surface area contributed by atoms with Crippen LogP contribution in [0.15, 0.2) is 18.3 Å². The van der Waals surface area contributed by atoms with Crippen molar-refractivity contribution in [2.75, 3.05) is 5.32 Å². The van der Waals surface area contributed by atoms with Crippen molar-refractivity contribution in [1.82, 2.24) is 4.98 Å². The molecule has 2 saturated heterocycles. The highest BCUT2D eigenvalue weighted by atomic mass is 16.5. The monoisotopic (exact) mass is 204 g/mol. The molecular formula is C12H16N2O. The molecule has 15 heavy (non-hydrogen) atoms. The van der Waals surface area contributed by atoms with Crippen molar-refractivity contribution >= 4 is 5.69 Å². The van der Waals surface area contributed by atoms with Crippen LogP contribution in [0.4, 0.5) is 5.69 Å². The molecule has 3 unspecified atom stereocenters. The maximum Gasteiger partial charge on any atom is 0.0781 e. The van der Waals surface area contributed by atoms with Crippen LogP contribution in [0.3, 0.4) is 0 Å². The molecule has 2 aliphatic heterocycles. The van der Waals surface area contributed by atoms with Gasteiger partial charge in [0.05, 0.1) is 18.2 Å². The minimum absolute atomic E-state index is 0.434. The van der Waals surface area contributed by atoms with Gasteiger partial charge < -0.3 is 10.1 Å². The molecule has 3 rings (SSSR count). The third-order valence-electron chi connectivity index (χ3n) is 3.35. The fraction of sp³-hybridized carbons (Fsp3) is 0.583. The number of ether oxygens (including phenoxy) is 1. The zero-order valence-corrected chi connectivity index (χ0v) is 8.94. The lowest BCUT2D eigenvalue weighted by Crippen LogP contribution is -2.30. The van der Waals surface area contributed by atoms with Crippen molar-refractivity contribution in [1.29, 1.82) is 0 Å². The Hall–Kier alpha value is -1.09. The normalized spacial score (nSPS) is 33.3. The zero-order valence-electron chi connectivity index (χ0n) is 8.94. The van der Waals surface area contributed by atoms with Crippen LogP contribution < -0.4 is 5.32 Å². The lowest BCUT2D eigenvalue weighted by Gasteiger charge is -2.21. The average Bonchev–Trinajstić information content (AvgIpc) is 2.79. The van der Waals surface area contributed by atoms with E-state index in [0.29, 0.717) is 18.2 Å². The number of anilines is 1. The fourth-order valence-corrected chi connectivity index (χ4v) is 2.64. The highest BCUT2D eigenvalue weighted by molar-refractivity contribution is 5.44. The molecule has 3 heteroatoms. The molecule has 1 N–H and O–H groups in total. The summed E-state index contributed by atoms with van der Waals surface area (Å²) >= 11 is 0. The Morgan fingerprint density at radius 1 is 1.47 bits per heavy atom. The number of aryl methyl sites for hydroxylation is 1. The number of nitrogens with one attached hydrogen (secondary N) is 1. The van der Waals surface area contributed by atoms with E-state index in [0.717, 1.165) is 12.1 Å². The van der Waals surface area contributed by atoms with Crippen molar-refractivity contribution in [3.8, 4) is 0 Å². The molecule has 3 nitrogen and oxygen atoms in total. The van der Waals surface area contributed by atoms with Crippen molar-refractivity contribution in [2.24, 2.45) is 0 Å². The van der Waals surface area contributed by atoms with Gasteiger partial charge in [-0.15, -0.1) is 0 Å². The van der Waals surface area contributed by atoms with E-state index in [1.807, 2.05) is 19.2 Å². The van der Waals surface area contributed by atoms with Crippen LogP contribution in [-0.2, 0) is 4.74 Å². The molecule has 2 aliphatic rings. The predicted molar refractivity (Wildman–Crippen MR) is 58.9 cm³/mol. The van der Waals surface area contributed by atoms with E-state index in [1.54, 1.807) is 0 Å². The second-order valence-electron chi connectivity index (χ2n) is 4.55. The average molecular weight is 204 g/mol. The van der Waals surface area contributed by atoms with Crippen LogP contribution in [0.5, 0.6) is 0 Å². The van der Waals surface area contributed by atoms with Gasteiger partial charge in [-0.1, -0.05) is 0 Å². The largest absolute Gasteiger partial charge is 0.379 e. The second kappa shape index (κ2) is 3.49. The summed E-state index contributed by atoms with van der Waals surface area (Å²) in [5.74, 6) is 0. The Morgan fingerprint density at radius 3 is 3.07 bits per heavy atom. The molecule has 0 saturated carbocycles. The van der Waals surface area contributed by atoms with Crippen molar-refractivity contribution in [3.63, 3.8) is 0 Å². The molecule has 0 aromatic carbocycles. The first-order chi connectivity index (χ1) is 7.31. The number of hydrogen-bond acceptors (Lipinski definition) is 3. The van der Waals surface area contributed by atoms with E-state index < -0.39 is 0 Å². The van der Waals surface area contributed by atoms with Crippen LogP contribution in [0.2, 0.25) is 0 Å². The van der Waals surface area contributed by atoms with Gasteiger partial charge >= 0.3 is 0 Å². The smallest absolute Gasteiger partial charge is 0.0781 e. The third-order valence-corrected chi connectivity index (χ3v) is 3.35. The lowest BCUT2D eigenvalue weighted by molar-refractivity contribution is 0.102. The number of rotatable bonds is 2. The minimum Gasteiger partial charge on any atom is -0.379 e. The van der Waals surface area contributed by atoms with Gasteiger partial charge in [0.25, 0.3) is 0 Å². The number of nitrogens with zero attached hydrogens (tertiary/aromatic N) is 1. The summed E-state index contributed by atoms with van der Waals surface area (Å²) in [6, 6.07) is 4.62. The molecule has 3 heterocycles. The second-order valence-corrected chi connectivity index (χ2v) is 4.55. The van der Waals surface area contributed by atoms with Gasteiger partial charge in [0.1, 0.15) is 0 Å². The lowest BCUT2D eigenvalue weighted by atomic mass is 9.95. The summed E-state index contributed by atoms with van der Waals surface area (Å²) < 4.78 is 5.81. The van der Waals surface area contributed by atoms with Crippen LogP contribution in [-0.4, -0.2) is 23.2 Å². The first-order valence-corrected chi connectivity index (χ1v) is 5.66. The van der Waals surface area contributed by atoms with Crippen LogP contribution in [0.25, 0.3) is 0 Å². The standard InChI is InChI=1S/C12H16N2O/c1-8-6-9(4-5-13-8)14-11-7-10-2-3-12(11)15-10/h4-6,10-12H,2-3,7H2,1H3,(H,13,14). The van der Waals surface area contributed by atoms with Gasteiger partial charge in [0.2, 0.25) is 0 Å². The van der Waals surface area contributed by atoms with Gasteiger partial charge in [-0.3, -0.25) is 4.98 Å². The van der Waals surface area contributed by atoms with Gasteiger partial charge in [0.15, 0.2) is 0 Å². The van der Waals surface area contributed by atoms with E-state index in [9.17, 15) is 0 Å². The highest BCUT2D eigenvalue weighted by Gasteiger charge is 2.40. The van der Waals surface area contributed by atoms with E-state index >= 15 is 0 Å². The zero-order chi connectivity index (χ0) is 10.3. The molecule has 0 aliphatic carbocycles.